The van der Waals surface area contributed by atoms with Crippen molar-refractivity contribution in [1.82, 2.24) is 19.9 Å². The fourth-order valence-electron chi connectivity index (χ4n) is 2.32. The summed E-state index contributed by atoms with van der Waals surface area (Å²) in [6.07, 6.45) is 1.43. The second-order valence-electron chi connectivity index (χ2n) is 4.93. The van der Waals surface area contributed by atoms with Crippen molar-refractivity contribution in [3.63, 3.8) is 0 Å². The van der Waals surface area contributed by atoms with Crippen LogP contribution in [0.3, 0.4) is 0 Å². The van der Waals surface area contributed by atoms with Crippen LogP contribution in [0.25, 0.3) is 5.69 Å². The minimum atomic E-state index is -1.11. The molecule has 1 saturated heterocycles. The number of aromatic nitrogens is 3. The molecule has 2 aromatic rings. The number of carbonyl (C=O) groups excluding carboxylic acids is 1. The van der Waals surface area contributed by atoms with Crippen LogP contribution in [0, 0.1) is 0 Å². The standard InChI is InChI=1S/C14H13ClN4O4/c15-9-3-1-2-4-11(9)19-7-10(16-17-19)13(20)18-5-6-23-8-12(18)14(21)22/h1-4,7,12H,5-6,8H2,(H,21,22)/t12-/m1/s1. The summed E-state index contributed by atoms with van der Waals surface area (Å²) in [5.41, 5.74) is 0.635. The number of halogens is 1. The van der Waals surface area contributed by atoms with Gasteiger partial charge in [-0.3, -0.25) is 4.79 Å². The second kappa shape index (κ2) is 6.35. The van der Waals surface area contributed by atoms with E-state index in [2.05, 4.69) is 10.3 Å². The minimum absolute atomic E-state index is 0.0419. The average molecular weight is 337 g/mol. The monoisotopic (exact) mass is 336 g/mol. The van der Waals surface area contributed by atoms with E-state index < -0.39 is 17.9 Å². The molecule has 1 aromatic heterocycles. The highest BCUT2D eigenvalue weighted by atomic mass is 35.5. The molecule has 1 atom stereocenters. The highest BCUT2D eigenvalue weighted by molar-refractivity contribution is 6.32. The maximum atomic E-state index is 12.5. The smallest absolute Gasteiger partial charge is 0.328 e. The Hall–Kier alpha value is -2.45. The van der Waals surface area contributed by atoms with E-state index in [1.165, 1.54) is 15.8 Å². The first-order chi connectivity index (χ1) is 11.1. The van der Waals surface area contributed by atoms with Crippen LogP contribution in [0.5, 0.6) is 0 Å². The Morgan fingerprint density at radius 3 is 2.87 bits per heavy atom. The molecule has 0 aliphatic carbocycles. The van der Waals surface area contributed by atoms with E-state index in [1.807, 2.05) is 0 Å². The molecule has 1 aliphatic heterocycles. The summed E-state index contributed by atoms with van der Waals surface area (Å²) in [6.45, 7) is 0.433. The van der Waals surface area contributed by atoms with Gasteiger partial charge in [-0.15, -0.1) is 5.10 Å². The van der Waals surface area contributed by atoms with Gasteiger partial charge in [0.2, 0.25) is 0 Å². The molecule has 1 fully saturated rings. The zero-order valence-electron chi connectivity index (χ0n) is 11.9. The van der Waals surface area contributed by atoms with Crippen molar-refractivity contribution >= 4 is 23.5 Å². The summed E-state index contributed by atoms with van der Waals surface area (Å²) >= 11 is 6.08. The van der Waals surface area contributed by atoms with Crippen LogP contribution >= 0.6 is 11.6 Å². The molecule has 1 aliphatic rings. The number of morpholine rings is 1. The van der Waals surface area contributed by atoms with Crippen LogP contribution < -0.4 is 0 Å². The molecule has 0 radical (unpaired) electrons. The van der Waals surface area contributed by atoms with Gasteiger partial charge in [0.05, 0.1) is 30.1 Å². The zero-order valence-corrected chi connectivity index (χ0v) is 12.7. The van der Waals surface area contributed by atoms with Gasteiger partial charge >= 0.3 is 5.97 Å². The van der Waals surface area contributed by atoms with E-state index in [-0.39, 0.29) is 25.5 Å². The summed E-state index contributed by atoms with van der Waals surface area (Å²) < 4.78 is 6.50. The van der Waals surface area contributed by atoms with E-state index in [4.69, 9.17) is 16.3 Å². The summed E-state index contributed by atoms with van der Waals surface area (Å²) in [6, 6.07) is 5.97. The number of nitrogens with zero attached hydrogens (tertiary/aromatic N) is 4. The number of aliphatic carboxylic acids is 1. The average Bonchev–Trinajstić information content (AvgIpc) is 3.04. The molecular weight excluding hydrogens is 324 g/mol. The van der Waals surface area contributed by atoms with E-state index in [9.17, 15) is 14.7 Å². The first-order valence-electron chi connectivity index (χ1n) is 6.86. The van der Waals surface area contributed by atoms with Crippen molar-refractivity contribution in [2.24, 2.45) is 0 Å². The Bertz CT molecular complexity index is 748. The fraction of sp³-hybridized carbons (Fsp3) is 0.286. The topological polar surface area (TPSA) is 97.6 Å². The maximum absolute atomic E-state index is 12.5. The Morgan fingerprint density at radius 1 is 1.35 bits per heavy atom. The fourth-order valence-corrected chi connectivity index (χ4v) is 2.54. The summed E-state index contributed by atoms with van der Waals surface area (Å²) in [5.74, 6) is -1.62. The number of carboxylic acids is 1. The Kier molecular flexibility index (Phi) is 4.26. The number of para-hydroxylation sites is 1. The van der Waals surface area contributed by atoms with E-state index >= 15 is 0 Å². The number of carboxylic acid groups (broad SMARTS) is 1. The Labute approximate surface area is 136 Å². The molecule has 23 heavy (non-hydrogen) atoms. The van der Waals surface area contributed by atoms with Crippen LogP contribution in [-0.4, -0.2) is 62.7 Å². The second-order valence-corrected chi connectivity index (χ2v) is 5.33. The largest absolute Gasteiger partial charge is 0.480 e. The molecule has 2 heterocycles. The molecule has 120 valence electrons. The van der Waals surface area contributed by atoms with Crippen LogP contribution in [-0.2, 0) is 9.53 Å². The summed E-state index contributed by atoms with van der Waals surface area (Å²) in [7, 11) is 0. The van der Waals surface area contributed by atoms with Crippen LogP contribution in [0.4, 0.5) is 0 Å². The normalized spacial score (nSPS) is 18.0. The number of ether oxygens (including phenoxy) is 1. The first kappa shape index (κ1) is 15.4. The number of hydrogen-bond donors (Lipinski definition) is 1. The van der Waals surface area contributed by atoms with Crippen LogP contribution in [0.2, 0.25) is 5.02 Å². The number of rotatable bonds is 3. The lowest BCUT2D eigenvalue weighted by Crippen LogP contribution is -2.52. The predicted molar refractivity (Wildman–Crippen MR) is 79.6 cm³/mol. The van der Waals surface area contributed by atoms with Crippen molar-refractivity contribution in [2.45, 2.75) is 6.04 Å². The predicted octanol–water partition coefficient (Wildman–Crippen LogP) is 0.846. The van der Waals surface area contributed by atoms with Gasteiger partial charge in [0.25, 0.3) is 5.91 Å². The molecule has 0 bridgehead atoms. The van der Waals surface area contributed by atoms with E-state index in [0.29, 0.717) is 10.7 Å². The third kappa shape index (κ3) is 3.03. The van der Waals surface area contributed by atoms with E-state index in [1.54, 1.807) is 24.3 Å². The first-order valence-corrected chi connectivity index (χ1v) is 7.24. The molecule has 3 rings (SSSR count). The number of carbonyl (C=O) groups is 2. The van der Waals surface area contributed by atoms with Crippen LogP contribution in [0.15, 0.2) is 30.5 Å². The molecule has 1 N–H and O–H groups in total. The highest BCUT2D eigenvalue weighted by Gasteiger charge is 2.34. The Balaban J connectivity index is 1.86. The van der Waals surface area contributed by atoms with E-state index in [0.717, 1.165) is 0 Å². The van der Waals surface area contributed by atoms with Crippen molar-refractivity contribution in [3.05, 3.63) is 41.2 Å². The van der Waals surface area contributed by atoms with Crippen molar-refractivity contribution in [3.8, 4) is 5.69 Å². The minimum Gasteiger partial charge on any atom is -0.480 e. The maximum Gasteiger partial charge on any atom is 0.328 e. The third-order valence-electron chi connectivity index (χ3n) is 3.49. The number of benzene rings is 1. The third-order valence-corrected chi connectivity index (χ3v) is 3.81. The quantitative estimate of drug-likeness (QED) is 0.892. The van der Waals surface area contributed by atoms with Gasteiger partial charge in [-0.05, 0) is 12.1 Å². The lowest BCUT2D eigenvalue weighted by Gasteiger charge is -2.32. The van der Waals surface area contributed by atoms with Gasteiger partial charge in [0.15, 0.2) is 11.7 Å². The molecule has 0 saturated carbocycles. The van der Waals surface area contributed by atoms with Gasteiger partial charge in [0, 0.05) is 6.54 Å². The van der Waals surface area contributed by atoms with Crippen LogP contribution in [0.1, 0.15) is 10.5 Å². The zero-order chi connectivity index (χ0) is 16.4. The SMILES string of the molecule is O=C(O)[C@H]1COCCN1C(=O)c1cn(-c2ccccc2Cl)nn1. The lowest BCUT2D eigenvalue weighted by atomic mass is 10.2. The molecule has 0 spiro atoms. The van der Waals surface area contributed by atoms with Gasteiger partial charge in [-0.1, -0.05) is 28.9 Å². The molecule has 1 aromatic carbocycles. The molecule has 9 heteroatoms. The van der Waals surface area contributed by atoms with Gasteiger partial charge < -0.3 is 14.7 Å². The van der Waals surface area contributed by atoms with Gasteiger partial charge in [-0.2, -0.15) is 0 Å². The summed E-state index contributed by atoms with van der Waals surface area (Å²) in [5, 5.41) is 17.4. The molecule has 8 nitrogen and oxygen atoms in total. The van der Waals surface area contributed by atoms with Gasteiger partial charge in [-0.25, -0.2) is 9.48 Å². The van der Waals surface area contributed by atoms with Gasteiger partial charge in [0.1, 0.15) is 0 Å². The highest BCUT2D eigenvalue weighted by Crippen LogP contribution is 2.19. The van der Waals surface area contributed by atoms with Crippen molar-refractivity contribution < 1.29 is 19.4 Å². The van der Waals surface area contributed by atoms with Crippen molar-refractivity contribution in [1.29, 1.82) is 0 Å². The molecule has 1 amide bonds. The lowest BCUT2D eigenvalue weighted by molar-refractivity contribution is -0.147. The molecule has 0 unspecified atom stereocenters. The number of amides is 1. The van der Waals surface area contributed by atoms with Crippen molar-refractivity contribution in [2.75, 3.05) is 19.8 Å². The number of hydrogen-bond acceptors (Lipinski definition) is 5. The molecular formula is C14H13ClN4O4. The Morgan fingerprint density at radius 2 is 2.13 bits per heavy atom. The summed E-state index contributed by atoms with van der Waals surface area (Å²) in [4.78, 5) is 25.0.